The van der Waals surface area contributed by atoms with Gasteiger partial charge in [0, 0.05) is 10.6 Å². The highest BCUT2D eigenvalue weighted by molar-refractivity contribution is 6.30. The first-order valence-electron chi connectivity index (χ1n) is 7.45. The number of hydrazone groups is 1. The minimum atomic E-state index is -0.792. The van der Waals surface area contributed by atoms with Gasteiger partial charge in [0.15, 0.2) is 0 Å². The quantitative estimate of drug-likeness (QED) is 0.549. The van der Waals surface area contributed by atoms with Crippen molar-refractivity contribution in [1.82, 2.24) is 5.43 Å². The number of rotatable bonds is 4. The number of nitriles is 1. The molecule has 1 heterocycles. The summed E-state index contributed by atoms with van der Waals surface area (Å²) >= 11 is 5.85. The number of benzene rings is 2. The molecular weight excluding hydrogens is 357 g/mol. The van der Waals surface area contributed by atoms with Crippen LogP contribution in [0, 0.1) is 17.1 Å². The smallest absolute Gasteiger partial charge is 0.274 e. The second-order valence-electron chi connectivity index (χ2n) is 5.21. The molecule has 1 aromatic heterocycles. The van der Waals surface area contributed by atoms with Crippen LogP contribution in [0.2, 0.25) is 5.02 Å². The number of nitrogens with zero attached hydrogens (tertiary/aromatic N) is 2. The molecule has 3 aromatic rings. The summed E-state index contributed by atoms with van der Waals surface area (Å²) in [6.07, 6.45) is 1.30. The second kappa shape index (κ2) is 7.64. The highest BCUT2D eigenvalue weighted by Gasteiger charge is 2.11. The number of nitrogens with one attached hydrogen (secondary N) is 1. The molecule has 1 N–H and O–H groups in total. The molecule has 3 rings (SSSR count). The Morgan fingerprint density at radius 2 is 1.96 bits per heavy atom. The van der Waals surface area contributed by atoms with Crippen molar-refractivity contribution < 1.29 is 13.6 Å². The van der Waals surface area contributed by atoms with Crippen molar-refractivity contribution in [2.45, 2.75) is 0 Å². The van der Waals surface area contributed by atoms with Crippen LogP contribution in [-0.4, -0.2) is 12.1 Å². The fraction of sp³-hybridized carbons (Fsp3) is 0. The molecule has 2 aromatic carbocycles. The average Bonchev–Trinajstić information content (AvgIpc) is 3.11. The molecule has 0 aliphatic carbocycles. The molecule has 0 saturated carbocycles. The Kier molecular flexibility index (Phi) is 5.11. The van der Waals surface area contributed by atoms with Gasteiger partial charge in [-0.15, -0.1) is 0 Å². The highest BCUT2D eigenvalue weighted by atomic mass is 35.5. The second-order valence-corrected chi connectivity index (χ2v) is 5.65. The Morgan fingerprint density at radius 1 is 1.19 bits per heavy atom. The topological polar surface area (TPSA) is 78.4 Å². The number of halogens is 2. The fourth-order valence-corrected chi connectivity index (χ4v) is 2.30. The average molecular weight is 368 g/mol. The van der Waals surface area contributed by atoms with E-state index in [0.717, 1.165) is 11.6 Å². The first kappa shape index (κ1) is 17.4. The Labute approximate surface area is 153 Å². The van der Waals surface area contributed by atoms with Crippen LogP contribution in [0.1, 0.15) is 21.7 Å². The van der Waals surface area contributed by atoms with E-state index in [9.17, 15) is 9.18 Å². The molecule has 0 spiro atoms. The summed E-state index contributed by atoms with van der Waals surface area (Å²) in [4.78, 5) is 11.9. The zero-order valence-corrected chi connectivity index (χ0v) is 14.0. The normalized spacial score (nSPS) is 10.7. The van der Waals surface area contributed by atoms with Crippen molar-refractivity contribution in [3.8, 4) is 17.4 Å². The zero-order valence-electron chi connectivity index (χ0n) is 13.2. The van der Waals surface area contributed by atoms with Gasteiger partial charge in [-0.3, -0.25) is 4.79 Å². The minimum Gasteiger partial charge on any atom is -0.455 e. The van der Waals surface area contributed by atoms with Gasteiger partial charge in [-0.05, 0) is 54.6 Å². The molecule has 0 bridgehead atoms. The third-order valence-electron chi connectivity index (χ3n) is 3.46. The largest absolute Gasteiger partial charge is 0.455 e. The number of carbonyl (C=O) groups excluding carboxylic acids is 1. The fourth-order valence-electron chi connectivity index (χ4n) is 2.18. The number of hydrogen-bond donors (Lipinski definition) is 1. The van der Waals surface area contributed by atoms with Crippen molar-refractivity contribution in [2.24, 2.45) is 5.10 Å². The molecule has 0 aliphatic heterocycles. The van der Waals surface area contributed by atoms with Gasteiger partial charge in [0.2, 0.25) is 0 Å². The lowest BCUT2D eigenvalue weighted by atomic mass is 10.1. The van der Waals surface area contributed by atoms with E-state index in [1.54, 1.807) is 30.3 Å². The lowest BCUT2D eigenvalue weighted by Crippen LogP contribution is -2.19. The van der Waals surface area contributed by atoms with Crippen molar-refractivity contribution in [2.75, 3.05) is 0 Å². The summed E-state index contributed by atoms with van der Waals surface area (Å²) in [5.74, 6) is -0.490. The van der Waals surface area contributed by atoms with Crippen LogP contribution in [0.15, 0.2) is 64.1 Å². The van der Waals surface area contributed by atoms with Gasteiger partial charge < -0.3 is 4.42 Å². The summed E-state index contributed by atoms with van der Waals surface area (Å²) in [5, 5.41) is 13.1. The van der Waals surface area contributed by atoms with Gasteiger partial charge in [-0.2, -0.15) is 10.4 Å². The summed E-state index contributed by atoms with van der Waals surface area (Å²) < 4.78 is 19.4. The molecule has 7 heteroatoms. The summed E-state index contributed by atoms with van der Waals surface area (Å²) in [6, 6.07) is 15.9. The van der Waals surface area contributed by atoms with E-state index >= 15 is 0 Å². The third kappa shape index (κ3) is 3.97. The Morgan fingerprint density at radius 3 is 2.65 bits per heavy atom. The van der Waals surface area contributed by atoms with Gasteiger partial charge in [-0.25, -0.2) is 9.82 Å². The predicted molar refractivity (Wildman–Crippen MR) is 95.3 cm³/mol. The minimum absolute atomic E-state index is 0.132. The molecule has 0 unspecified atom stereocenters. The molecular formula is C19H11ClFN3O2. The lowest BCUT2D eigenvalue weighted by Gasteiger charge is -2.01. The van der Waals surface area contributed by atoms with Gasteiger partial charge in [-0.1, -0.05) is 11.6 Å². The molecule has 0 atom stereocenters. The van der Waals surface area contributed by atoms with Crippen molar-refractivity contribution in [1.29, 1.82) is 5.26 Å². The monoisotopic (exact) mass is 367 g/mol. The first-order valence-corrected chi connectivity index (χ1v) is 7.83. The maximum atomic E-state index is 13.8. The third-order valence-corrected chi connectivity index (χ3v) is 3.71. The predicted octanol–water partition coefficient (Wildman–Crippen LogP) is 4.37. The summed E-state index contributed by atoms with van der Waals surface area (Å²) in [7, 11) is 0. The van der Waals surface area contributed by atoms with E-state index in [4.69, 9.17) is 21.3 Å². The van der Waals surface area contributed by atoms with Crippen LogP contribution in [0.25, 0.3) is 11.3 Å². The van der Waals surface area contributed by atoms with Crippen LogP contribution >= 0.6 is 11.6 Å². The first-order chi connectivity index (χ1) is 12.6. The van der Waals surface area contributed by atoms with E-state index in [1.165, 1.54) is 18.3 Å². The Balaban J connectivity index is 1.66. The van der Waals surface area contributed by atoms with Crippen molar-refractivity contribution >= 4 is 23.7 Å². The molecule has 26 heavy (non-hydrogen) atoms. The van der Waals surface area contributed by atoms with E-state index in [1.807, 2.05) is 12.1 Å². The van der Waals surface area contributed by atoms with Crippen LogP contribution in [0.3, 0.4) is 0 Å². The summed E-state index contributed by atoms with van der Waals surface area (Å²) in [5.41, 5.74) is 2.98. The van der Waals surface area contributed by atoms with Gasteiger partial charge >= 0.3 is 0 Å². The van der Waals surface area contributed by atoms with Crippen LogP contribution in [0.5, 0.6) is 0 Å². The van der Waals surface area contributed by atoms with Crippen LogP contribution < -0.4 is 5.43 Å². The number of furan rings is 1. The van der Waals surface area contributed by atoms with Gasteiger partial charge in [0.1, 0.15) is 17.3 Å². The number of hydrogen-bond acceptors (Lipinski definition) is 4. The molecule has 0 radical (unpaired) electrons. The van der Waals surface area contributed by atoms with E-state index in [0.29, 0.717) is 16.5 Å². The number of amides is 1. The number of carbonyl (C=O) groups is 1. The van der Waals surface area contributed by atoms with Crippen LogP contribution in [-0.2, 0) is 0 Å². The van der Waals surface area contributed by atoms with Gasteiger partial charge in [0.05, 0.1) is 23.4 Å². The Hall–Kier alpha value is -3.43. The van der Waals surface area contributed by atoms with Crippen molar-refractivity contribution in [3.63, 3.8) is 0 Å². The lowest BCUT2D eigenvalue weighted by molar-refractivity contribution is 0.0951. The van der Waals surface area contributed by atoms with E-state index in [-0.39, 0.29) is 11.1 Å². The standard InChI is InChI=1S/C19H11ClFN3O2/c20-14-4-2-13(3-5-14)18-8-6-15(26-18)11-23-24-19(25)16-7-1-12(10-22)9-17(16)21/h1-9,11H,(H,24,25)/b23-11-. The SMILES string of the molecule is N#Cc1ccc(C(=O)N/N=C\c2ccc(-c3ccc(Cl)cc3)o2)c(F)c1. The maximum Gasteiger partial charge on any atom is 0.274 e. The molecule has 128 valence electrons. The molecule has 1 amide bonds. The molecule has 5 nitrogen and oxygen atoms in total. The van der Waals surface area contributed by atoms with Gasteiger partial charge in [0.25, 0.3) is 5.91 Å². The maximum absolute atomic E-state index is 13.8. The molecule has 0 aliphatic rings. The summed E-state index contributed by atoms with van der Waals surface area (Å²) in [6.45, 7) is 0. The molecule has 0 saturated heterocycles. The molecule has 0 fully saturated rings. The van der Waals surface area contributed by atoms with E-state index < -0.39 is 11.7 Å². The van der Waals surface area contributed by atoms with E-state index in [2.05, 4.69) is 10.5 Å². The zero-order chi connectivity index (χ0) is 18.5. The highest BCUT2D eigenvalue weighted by Crippen LogP contribution is 2.23. The Bertz CT molecular complexity index is 1020. The van der Waals surface area contributed by atoms with Crippen LogP contribution in [0.4, 0.5) is 4.39 Å². The van der Waals surface area contributed by atoms with Crippen molar-refractivity contribution in [3.05, 3.63) is 82.3 Å².